The van der Waals surface area contributed by atoms with E-state index in [1.165, 1.54) is 87.0 Å². The highest BCUT2D eigenvalue weighted by atomic mass is 28.3. The number of anilines is 3. The van der Waals surface area contributed by atoms with Crippen molar-refractivity contribution >= 4 is 67.4 Å². The van der Waals surface area contributed by atoms with Crippen molar-refractivity contribution in [3.05, 3.63) is 211 Å². The van der Waals surface area contributed by atoms with Crippen LogP contribution >= 0.6 is 0 Å². The summed E-state index contributed by atoms with van der Waals surface area (Å²) in [7, 11) is -2.85. The van der Waals surface area contributed by atoms with E-state index in [0.717, 1.165) is 5.69 Å². The quantitative estimate of drug-likeness (QED) is 0.160. The van der Waals surface area contributed by atoms with Crippen LogP contribution in [0.2, 0.25) is 0 Å². The molecule has 9 aromatic carbocycles. The molecule has 1 nitrogen and oxygen atoms in total. The van der Waals surface area contributed by atoms with Crippen LogP contribution in [0.25, 0.3) is 43.8 Å². The lowest BCUT2D eigenvalue weighted by atomic mass is 9.82. The Morgan fingerprint density at radius 3 is 1.65 bits per heavy atom. The summed E-state index contributed by atoms with van der Waals surface area (Å²) >= 11 is 0. The van der Waals surface area contributed by atoms with Gasteiger partial charge >= 0.3 is 0 Å². The highest BCUT2D eigenvalue weighted by Crippen LogP contribution is 2.51. The third-order valence-corrected chi connectivity index (χ3v) is 17.3. The van der Waals surface area contributed by atoms with Crippen LogP contribution in [-0.4, -0.2) is 8.07 Å². The Morgan fingerprint density at radius 1 is 0.382 bits per heavy atom. The second kappa shape index (κ2) is 12.0. The molecule has 9 aromatic rings. The van der Waals surface area contributed by atoms with Gasteiger partial charge in [0.1, 0.15) is 0 Å². The minimum Gasteiger partial charge on any atom is -0.310 e. The van der Waals surface area contributed by atoms with Gasteiger partial charge in [0.15, 0.2) is 8.07 Å². The summed E-state index contributed by atoms with van der Waals surface area (Å²) < 4.78 is 0. The summed E-state index contributed by atoms with van der Waals surface area (Å²) in [5, 5.41) is 10.8. The van der Waals surface area contributed by atoms with Gasteiger partial charge in [-0.15, -0.1) is 0 Å². The molecule has 1 aliphatic heterocycles. The highest BCUT2D eigenvalue weighted by Gasteiger charge is 2.50. The molecule has 11 rings (SSSR count). The summed E-state index contributed by atoms with van der Waals surface area (Å²) in [6.45, 7) is 4.75. The lowest BCUT2D eigenvalue weighted by molar-refractivity contribution is 0.660. The van der Waals surface area contributed by atoms with Gasteiger partial charge in [0.05, 0.1) is 5.69 Å². The van der Waals surface area contributed by atoms with Gasteiger partial charge in [0, 0.05) is 22.4 Å². The molecule has 0 amide bonds. The molecular weight excluding hydrogens is 679 g/mol. The van der Waals surface area contributed by atoms with E-state index in [0.29, 0.717) is 0 Å². The summed E-state index contributed by atoms with van der Waals surface area (Å²) in [5.41, 5.74) is 11.5. The summed E-state index contributed by atoms with van der Waals surface area (Å²) in [5.74, 6) is 0. The Balaban J connectivity index is 1.22. The average Bonchev–Trinajstić information content (AvgIpc) is 3.67. The predicted molar refractivity (Wildman–Crippen MR) is 236 cm³/mol. The van der Waals surface area contributed by atoms with Gasteiger partial charge in [0.2, 0.25) is 0 Å². The van der Waals surface area contributed by atoms with Crippen LogP contribution in [0.1, 0.15) is 25.0 Å². The van der Waals surface area contributed by atoms with Gasteiger partial charge < -0.3 is 4.90 Å². The molecule has 0 fully saturated rings. The third kappa shape index (κ3) is 4.59. The molecule has 0 N–H and O–H groups in total. The highest BCUT2D eigenvalue weighted by molar-refractivity contribution is 7.22. The first-order valence-corrected chi connectivity index (χ1v) is 21.3. The molecule has 0 saturated carbocycles. The molecule has 2 heteroatoms. The summed E-state index contributed by atoms with van der Waals surface area (Å²) in [4.78, 5) is 2.51. The lowest BCUT2D eigenvalue weighted by Gasteiger charge is -2.33. The van der Waals surface area contributed by atoms with Gasteiger partial charge in [-0.25, -0.2) is 0 Å². The Labute approximate surface area is 323 Å². The molecule has 1 heterocycles. The number of rotatable bonds is 5. The number of fused-ring (bicyclic) bond motifs is 8. The molecule has 2 aliphatic rings. The Morgan fingerprint density at radius 2 is 0.945 bits per heavy atom. The van der Waals surface area contributed by atoms with Gasteiger partial charge in [-0.2, -0.15) is 0 Å². The SMILES string of the molecule is CC1(C)c2ccccc2-c2ccc(N(c3ccccc3)c3cccc4c3-c3ccccc3[Si]4(c3ccc4ccccc4c3)c3ccc4ccccc4c3)cc21. The average molecular weight is 718 g/mol. The maximum absolute atomic E-state index is 2.85. The number of benzene rings is 9. The smallest absolute Gasteiger partial charge is 0.180 e. The topological polar surface area (TPSA) is 3.24 Å². The molecule has 0 aromatic heterocycles. The second-order valence-corrected chi connectivity index (χ2v) is 19.4. The van der Waals surface area contributed by atoms with Crippen LogP contribution in [0.3, 0.4) is 0 Å². The molecule has 0 unspecified atom stereocenters. The molecule has 0 radical (unpaired) electrons. The van der Waals surface area contributed by atoms with E-state index in [-0.39, 0.29) is 5.41 Å². The first-order chi connectivity index (χ1) is 27.0. The first-order valence-electron chi connectivity index (χ1n) is 19.3. The Kier molecular flexibility index (Phi) is 6.99. The van der Waals surface area contributed by atoms with Crippen molar-refractivity contribution in [2.45, 2.75) is 19.3 Å². The van der Waals surface area contributed by atoms with Crippen LogP contribution in [0.15, 0.2) is 200 Å². The fourth-order valence-corrected chi connectivity index (χ4v) is 15.2. The molecule has 260 valence electrons. The van der Waals surface area contributed by atoms with E-state index >= 15 is 0 Å². The Hall–Kier alpha value is -6.48. The number of para-hydroxylation sites is 1. The van der Waals surface area contributed by atoms with Crippen molar-refractivity contribution in [3.8, 4) is 22.3 Å². The second-order valence-electron chi connectivity index (χ2n) is 15.7. The van der Waals surface area contributed by atoms with E-state index in [9.17, 15) is 0 Å². The van der Waals surface area contributed by atoms with Gasteiger partial charge in [-0.05, 0) is 100 Å². The number of hydrogen-bond donors (Lipinski definition) is 0. The van der Waals surface area contributed by atoms with Gasteiger partial charge in [0.25, 0.3) is 0 Å². The lowest BCUT2D eigenvalue weighted by Crippen LogP contribution is -2.72. The largest absolute Gasteiger partial charge is 0.310 e. The van der Waals surface area contributed by atoms with Crippen LogP contribution in [0, 0.1) is 0 Å². The fraction of sp³-hybridized carbons (Fsp3) is 0.0566. The van der Waals surface area contributed by atoms with Crippen LogP contribution in [-0.2, 0) is 5.41 Å². The van der Waals surface area contributed by atoms with Crippen molar-refractivity contribution in [1.29, 1.82) is 0 Å². The predicted octanol–water partition coefficient (Wildman–Crippen LogP) is 11.1. The zero-order valence-electron chi connectivity index (χ0n) is 31.0. The van der Waals surface area contributed by atoms with E-state index in [2.05, 4.69) is 219 Å². The minimum atomic E-state index is -2.85. The van der Waals surface area contributed by atoms with E-state index < -0.39 is 8.07 Å². The molecule has 0 bridgehead atoms. The molecule has 0 atom stereocenters. The standard InChI is InChI=1S/C53H39NSi/c1-53(2)47-23-12-10-21-44(47)45-32-29-41(35-48(45)53)54(40-19-4-3-5-20-40)49-24-14-26-51-52(49)46-22-11-13-25-50(46)55(51,42-30-27-36-15-6-8-17-38(36)33-42)43-31-28-37-16-7-9-18-39(37)34-43/h3-35H,1-2H3. The maximum Gasteiger partial charge on any atom is 0.180 e. The number of hydrogen-bond acceptors (Lipinski definition) is 1. The minimum absolute atomic E-state index is 0.107. The Bertz CT molecular complexity index is 2900. The van der Waals surface area contributed by atoms with Crippen molar-refractivity contribution in [3.63, 3.8) is 0 Å². The maximum atomic E-state index is 2.51. The van der Waals surface area contributed by atoms with E-state index in [4.69, 9.17) is 0 Å². The van der Waals surface area contributed by atoms with Gasteiger partial charge in [-0.3, -0.25) is 0 Å². The molecule has 1 aliphatic carbocycles. The first kappa shape index (κ1) is 32.0. The zero-order valence-corrected chi connectivity index (χ0v) is 32.0. The van der Waals surface area contributed by atoms with Crippen molar-refractivity contribution < 1.29 is 0 Å². The molecule has 0 spiro atoms. The van der Waals surface area contributed by atoms with Crippen LogP contribution in [0.4, 0.5) is 17.1 Å². The fourth-order valence-electron chi connectivity index (χ4n) is 9.96. The van der Waals surface area contributed by atoms with Crippen molar-refractivity contribution in [1.82, 2.24) is 0 Å². The van der Waals surface area contributed by atoms with E-state index in [1.54, 1.807) is 0 Å². The normalized spacial score (nSPS) is 14.3. The summed E-state index contributed by atoms with van der Waals surface area (Å²) in [6, 6.07) is 75.5. The van der Waals surface area contributed by atoms with E-state index in [1.807, 2.05) is 0 Å². The molecular formula is C53H39NSi. The third-order valence-electron chi connectivity index (χ3n) is 12.5. The van der Waals surface area contributed by atoms with Crippen molar-refractivity contribution in [2.24, 2.45) is 0 Å². The summed E-state index contributed by atoms with van der Waals surface area (Å²) in [6.07, 6.45) is 0. The van der Waals surface area contributed by atoms with Gasteiger partial charge in [-0.1, -0.05) is 184 Å². The molecule has 55 heavy (non-hydrogen) atoms. The van der Waals surface area contributed by atoms with Crippen LogP contribution in [0.5, 0.6) is 0 Å². The number of nitrogens with zero attached hydrogens (tertiary/aromatic N) is 1. The monoisotopic (exact) mass is 717 g/mol. The zero-order chi connectivity index (χ0) is 36.7. The molecule has 0 saturated heterocycles. The van der Waals surface area contributed by atoms with Crippen LogP contribution < -0.4 is 25.6 Å². The van der Waals surface area contributed by atoms with Crippen molar-refractivity contribution in [2.75, 3.05) is 4.90 Å².